The van der Waals surface area contributed by atoms with E-state index in [1.807, 2.05) is 41.0 Å². The van der Waals surface area contributed by atoms with Gasteiger partial charge in [0.2, 0.25) is 5.91 Å². The number of carbonyl (C=O) groups is 1. The van der Waals surface area contributed by atoms with Crippen LogP contribution in [0.5, 0.6) is 0 Å². The Bertz CT molecular complexity index is 962. The molecule has 0 fully saturated rings. The molecule has 0 saturated heterocycles. The number of nitrogens with one attached hydrogen (secondary N) is 1. The first-order valence-electron chi connectivity index (χ1n) is 8.05. The van der Waals surface area contributed by atoms with Gasteiger partial charge in [0.15, 0.2) is 11.0 Å². The average Bonchev–Trinajstić information content (AvgIpc) is 3.06. The Morgan fingerprint density at radius 3 is 2.74 bits per heavy atom. The molecular formula is C19H16BrClN4OS. The average molecular weight is 464 g/mol. The predicted molar refractivity (Wildman–Crippen MR) is 114 cm³/mol. The number of aromatic nitrogens is 3. The predicted octanol–water partition coefficient (Wildman–Crippen LogP) is 5.28. The summed E-state index contributed by atoms with van der Waals surface area (Å²) in [4.78, 5) is 12.3. The second kappa shape index (κ2) is 9.21. The van der Waals surface area contributed by atoms with Gasteiger partial charge >= 0.3 is 0 Å². The van der Waals surface area contributed by atoms with Gasteiger partial charge in [-0.1, -0.05) is 75.7 Å². The molecule has 0 radical (unpaired) electrons. The zero-order chi connectivity index (χ0) is 19.2. The number of hydrogen-bond acceptors (Lipinski definition) is 4. The molecule has 0 spiro atoms. The lowest BCUT2D eigenvalue weighted by molar-refractivity contribution is -0.113. The molecule has 0 aliphatic heterocycles. The van der Waals surface area contributed by atoms with E-state index >= 15 is 0 Å². The molecule has 0 unspecified atom stereocenters. The molecule has 0 aliphatic carbocycles. The van der Waals surface area contributed by atoms with Crippen LogP contribution in [-0.4, -0.2) is 26.4 Å². The number of carbonyl (C=O) groups excluding carboxylic acids is 1. The molecule has 0 saturated carbocycles. The van der Waals surface area contributed by atoms with Crippen molar-refractivity contribution in [2.75, 3.05) is 11.1 Å². The van der Waals surface area contributed by atoms with Crippen LogP contribution in [0.3, 0.4) is 0 Å². The Morgan fingerprint density at radius 1 is 1.26 bits per heavy atom. The van der Waals surface area contributed by atoms with Crippen molar-refractivity contribution in [1.82, 2.24) is 14.8 Å². The zero-order valence-corrected chi connectivity index (χ0v) is 17.4. The molecule has 1 N–H and O–H groups in total. The number of nitrogens with zero attached hydrogens (tertiary/aromatic N) is 3. The standard InChI is InChI=1S/C19H16BrClN4OS/c1-2-10-25-18(13-6-4-3-5-7-13)23-24-19(25)27-12-17(26)22-16-9-8-14(20)11-15(16)21/h2-9,11H,1,10,12H2,(H,22,26). The van der Waals surface area contributed by atoms with E-state index in [2.05, 4.69) is 38.0 Å². The lowest BCUT2D eigenvalue weighted by Gasteiger charge is -2.09. The molecule has 2 aromatic carbocycles. The molecule has 1 amide bonds. The number of hydrogen-bond donors (Lipinski definition) is 1. The highest BCUT2D eigenvalue weighted by molar-refractivity contribution is 9.10. The third kappa shape index (κ3) is 5.00. The van der Waals surface area contributed by atoms with Gasteiger partial charge in [0.05, 0.1) is 16.5 Å². The number of benzene rings is 2. The Balaban J connectivity index is 1.71. The number of anilines is 1. The minimum Gasteiger partial charge on any atom is -0.324 e. The van der Waals surface area contributed by atoms with E-state index in [4.69, 9.17) is 11.6 Å². The summed E-state index contributed by atoms with van der Waals surface area (Å²) in [5, 5.41) is 12.5. The molecule has 138 valence electrons. The van der Waals surface area contributed by atoms with Gasteiger partial charge in [0.1, 0.15) is 0 Å². The lowest BCUT2D eigenvalue weighted by atomic mass is 10.2. The van der Waals surface area contributed by atoms with Crippen LogP contribution in [0, 0.1) is 0 Å². The SMILES string of the molecule is C=CCn1c(SCC(=O)Nc2ccc(Br)cc2Cl)nnc1-c1ccccc1. The quantitative estimate of drug-likeness (QED) is 0.383. The summed E-state index contributed by atoms with van der Waals surface area (Å²) in [5.74, 6) is 0.768. The maximum Gasteiger partial charge on any atom is 0.234 e. The van der Waals surface area contributed by atoms with Crippen LogP contribution in [0.25, 0.3) is 11.4 Å². The van der Waals surface area contributed by atoms with E-state index in [1.165, 1.54) is 11.8 Å². The first-order chi connectivity index (χ1) is 13.1. The Hall–Kier alpha value is -2.09. The van der Waals surface area contributed by atoms with Crippen LogP contribution in [0.2, 0.25) is 5.02 Å². The first-order valence-corrected chi connectivity index (χ1v) is 10.2. The molecular weight excluding hydrogens is 448 g/mol. The van der Waals surface area contributed by atoms with Gasteiger partial charge in [-0.15, -0.1) is 16.8 Å². The van der Waals surface area contributed by atoms with Gasteiger partial charge < -0.3 is 5.32 Å². The van der Waals surface area contributed by atoms with Crippen molar-refractivity contribution in [3.63, 3.8) is 0 Å². The summed E-state index contributed by atoms with van der Waals surface area (Å²) in [6.45, 7) is 4.35. The number of thioether (sulfide) groups is 1. The van der Waals surface area contributed by atoms with Gasteiger partial charge in [-0.05, 0) is 18.2 Å². The van der Waals surface area contributed by atoms with Crippen LogP contribution < -0.4 is 5.32 Å². The maximum atomic E-state index is 12.3. The highest BCUT2D eigenvalue weighted by Crippen LogP contribution is 2.27. The smallest absolute Gasteiger partial charge is 0.234 e. The van der Waals surface area contributed by atoms with Gasteiger partial charge in [-0.25, -0.2) is 0 Å². The van der Waals surface area contributed by atoms with Crippen LogP contribution in [0.1, 0.15) is 0 Å². The molecule has 0 bridgehead atoms. The largest absolute Gasteiger partial charge is 0.324 e. The van der Waals surface area contributed by atoms with Crippen molar-refractivity contribution in [3.05, 3.63) is 70.7 Å². The van der Waals surface area contributed by atoms with Gasteiger partial charge in [-0.2, -0.15) is 0 Å². The highest BCUT2D eigenvalue weighted by Gasteiger charge is 2.15. The number of rotatable bonds is 7. The fourth-order valence-corrected chi connectivity index (χ4v) is 3.87. The maximum absolute atomic E-state index is 12.3. The normalized spacial score (nSPS) is 10.6. The van der Waals surface area contributed by atoms with Crippen molar-refractivity contribution >= 4 is 50.9 Å². The minimum atomic E-state index is -0.168. The molecule has 3 aromatic rings. The monoisotopic (exact) mass is 462 g/mol. The summed E-state index contributed by atoms with van der Waals surface area (Å²) in [5.41, 5.74) is 1.53. The Kier molecular flexibility index (Phi) is 6.71. The van der Waals surface area contributed by atoms with Crippen LogP contribution in [0.4, 0.5) is 5.69 Å². The molecule has 1 aromatic heterocycles. The molecule has 27 heavy (non-hydrogen) atoms. The summed E-state index contributed by atoms with van der Waals surface area (Å²) in [7, 11) is 0. The fraction of sp³-hybridized carbons (Fsp3) is 0.105. The van der Waals surface area contributed by atoms with E-state index in [9.17, 15) is 4.79 Å². The van der Waals surface area contributed by atoms with Crippen LogP contribution in [0.15, 0.2) is 70.8 Å². The molecule has 1 heterocycles. The van der Waals surface area contributed by atoms with Crippen molar-refractivity contribution in [2.24, 2.45) is 0 Å². The highest BCUT2D eigenvalue weighted by atomic mass is 79.9. The van der Waals surface area contributed by atoms with Gasteiger partial charge in [-0.3, -0.25) is 9.36 Å². The van der Waals surface area contributed by atoms with E-state index in [0.717, 1.165) is 15.9 Å². The zero-order valence-electron chi connectivity index (χ0n) is 14.2. The molecule has 3 rings (SSSR count). The lowest BCUT2D eigenvalue weighted by Crippen LogP contribution is -2.15. The number of halogens is 2. The second-order valence-electron chi connectivity index (χ2n) is 5.53. The Morgan fingerprint density at radius 2 is 2.04 bits per heavy atom. The minimum absolute atomic E-state index is 0.168. The third-order valence-corrected chi connectivity index (χ3v) is 5.37. The summed E-state index contributed by atoms with van der Waals surface area (Å²) < 4.78 is 2.79. The summed E-state index contributed by atoms with van der Waals surface area (Å²) in [6, 6.07) is 15.1. The van der Waals surface area contributed by atoms with Crippen molar-refractivity contribution in [3.8, 4) is 11.4 Å². The van der Waals surface area contributed by atoms with E-state index < -0.39 is 0 Å². The fourth-order valence-electron chi connectivity index (χ4n) is 2.40. The molecule has 5 nitrogen and oxygen atoms in total. The van der Waals surface area contributed by atoms with Crippen LogP contribution >= 0.6 is 39.3 Å². The summed E-state index contributed by atoms with van der Waals surface area (Å²) >= 11 is 10.8. The van der Waals surface area contributed by atoms with Gasteiger partial charge in [0, 0.05) is 16.6 Å². The number of amides is 1. The third-order valence-electron chi connectivity index (χ3n) is 3.60. The molecule has 8 heteroatoms. The van der Waals surface area contributed by atoms with E-state index in [0.29, 0.717) is 22.4 Å². The topological polar surface area (TPSA) is 59.8 Å². The summed E-state index contributed by atoms with van der Waals surface area (Å²) in [6.07, 6.45) is 1.78. The second-order valence-corrected chi connectivity index (χ2v) is 7.80. The van der Waals surface area contributed by atoms with Crippen molar-refractivity contribution in [1.29, 1.82) is 0 Å². The number of allylic oxidation sites excluding steroid dienone is 1. The van der Waals surface area contributed by atoms with Crippen LogP contribution in [-0.2, 0) is 11.3 Å². The van der Waals surface area contributed by atoms with E-state index in [-0.39, 0.29) is 11.7 Å². The molecule has 0 atom stereocenters. The Labute approximate surface area is 175 Å². The van der Waals surface area contributed by atoms with E-state index in [1.54, 1.807) is 18.2 Å². The van der Waals surface area contributed by atoms with Crippen molar-refractivity contribution < 1.29 is 4.79 Å². The van der Waals surface area contributed by atoms with Crippen molar-refractivity contribution in [2.45, 2.75) is 11.7 Å². The first kappa shape index (κ1) is 19.7. The van der Waals surface area contributed by atoms with Gasteiger partial charge in [0.25, 0.3) is 0 Å². The molecule has 0 aliphatic rings.